The predicted molar refractivity (Wildman–Crippen MR) is 145 cm³/mol. The zero-order chi connectivity index (χ0) is 27.7. The molecule has 0 spiro atoms. The molecule has 9 nitrogen and oxygen atoms in total. The first-order valence-electron chi connectivity index (χ1n) is 12.4. The number of halogens is 3. The Bertz CT molecular complexity index is 1510. The Morgan fingerprint density at radius 2 is 1.72 bits per heavy atom. The number of amides is 2. The Kier molecular flexibility index (Phi) is 7.15. The molecule has 4 aromatic rings. The van der Waals surface area contributed by atoms with Crippen LogP contribution in [0.15, 0.2) is 54.6 Å². The molecule has 1 aliphatic rings. The van der Waals surface area contributed by atoms with Crippen LogP contribution < -0.4 is 16.4 Å². The van der Waals surface area contributed by atoms with Crippen molar-refractivity contribution < 1.29 is 18.0 Å². The number of aromatic nitrogens is 3. The van der Waals surface area contributed by atoms with Crippen LogP contribution in [0.5, 0.6) is 0 Å². The zero-order valence-electron chi connectivity index (χ0n) is 21.6. The largest absolute Gasteiger partial charge is 0.416 e. The lowest BCUT2D eigenvalue weighted by Gasteiger charge is -2.33. The Morgan fingerprint density at radius 3 is 2.46 bits per heavy atom. The van der Waals surface area contributed by atoms with E-state index in [-0.39, 0.29) is 23.6 Å². The monoisotopic (exact) mass is 538 g/mol. The molecule has 5 rings (SSSR count). The van der Waals surface area contributed by atoms with Gasteiger partial charge in [-0.1, -0.05) is 18.2 Å². The van der Waals surface area contributed by atoms with Gasteiger partial charge in [-0.05, 0) is 42.9 Å². The minimum atomic E-state index is -4.55. The summed E-state index contributed by atoms with van der Waals surface area (Å²) in [4.78, 5) is 21.1. The number of anilines is 3. The van der Waals surface area contributed by atoms with Crippen LogP contribution in [-0.4, -0.2) is 63.8 Å². The quantitative estimate of drug-likeness (QED) is 0.342. The van der Waals surface area contributed by atoms with Crippen molar-refractivity contribution in [2.45, 2.75) is 12.7 Å². The maximum absolute atomic E-state index is 13.9. The van der Waals surface area contributed by atoms with Crippen LogP contribution in [0.25, 0.3) is 22.2 Å². The maximum atomic E-state index is 13.9. The van der Waals surface area contributed by atoms with Crippen LogP contribution in [0.2, 0.25) is 0 Å². The number of likely N-dealkylation sites (N-methyl/N-ethyl adjacent to an activating group) is 1. The standard InChI is InChI=1S/C27H29F3N8O/c1-36-9-11-38(12-10-36)16-19-5-7-20(14-21(19)27(28,29)30)32-26(39)34-25-15-23(37(2)35-25)18-4-3-17-6-8-24(31)33-22(17)13-18/h3-8,13-15H,9-12,16H2,1-2H3,(H2,31,33)(H2,32,34,35,39). The van der Waals surface area contributed by atoms with E-state index in [1.165, 1.54) is 12.1 Å². The van der Waals surface area contributed by atoms with Crippen LogP contribution in [0.4, 0.5) is 35.3 Å². The first-order chi connectivity index (χ1) is 18.5. The van der Waals surface area contributed by atoms with Crippen LogP contribution in [0.3, 0.4) is 0 Å². The highest BCUT2D eigenvalue weighted by Crippen LogP contribution is 2.35. The topological polar surface area (TPSA) is 104 Å². The summed E-state index contributed by atoms with van der Waals surface area (Å²) < 4.78 is 43.2. The number of fused-ring (bicyclic) bond motifs is 1. The first kappa shape index (κ1) is 26.4. The van der Waals surface area contributed by atoms with Crippen LogP contribution in [0.1, 0.15) is 11.1 Å². The molecule has 0 radical (unpaired) electrons. The van der Waals surface area contributed by atoms with Crippen LogP contribution in [-0.2, 0) is 19.8 Å². The van der Waals surface area contributed by atoms with Gasteiger partial charge in [-0.3, -0.25) is 14.9 Å². The van der Waals surface area contributed by atoms with Gasteiger partial charge in [-0.2, -0.15) is 18.3 Å². The third kappa shape index (κ3) is 6.13. The minimum absolute atomic E-state index is 0.0382. The SMILES string of the molecule is CN1CCN(Cc2ccc(NC(=O)Nc3cc(-c4ccc5ccc(N)nc5c4)n(C)n3)cc2C(F)(F)F)CC1. The summed E-state index contributed by atoms with van der Waals surface area (Å²) in [6.45, 7) is 3.21. The van der Waals surface area contributed by atoms with Crippen molar-refractivity contribution in [2.75, 3.05) is 49.6 Å². The molecule has 39 heavy (non-hydrogen) atoms. The number of hydrogen-bond acceptors (Lipinski definition) is 6. The Morgan fingerprint density at radius 1 is 0.974 bits per heavy atom. The van der Waals surface area contributed by atoms with E-state index in [2.05, 4.69) is 25.6 Å². The lowest BCUT2D eigenvalue weighted by molar-refractivity contribution is -0.138. The van der Waals surface area contributed by atoms with Gasteiger partial charge >= 0.3 is 12.2 Å². The summed E-state index contributed by atoms with van der Waals surface area (Å²) in [5, 5.41) is 10.3. The van der Waals surface area contributed by atoms with E-state index in [0.29, 0.717) is 24.6 Å². The van der Waals surface area contributed by atoms with Gasteiger partial charge in [0.05, 0.1) is 16.8 Å². The third-order valence-electron chi connectivity index (χ3n) is 6.79. The van der Waals surface area contributed by atoms with E-state index < -0.39 is 17.8 Å². The Hall–Kier alpha value is -4.16. The number of carbonyl (C=O) groups is 1. The van der Waals surface area contributed by atoms with Gasteiger partial charge in [-0.15, -0.1) is 0 Å². The number of nitrogens with one attached hydrogen (secondary N) is 2. The summed E-state index contributed by atoms with van der Waals surface area (Å²) in [5.41, 5.74) is 7.51. The van der Waals surface area contributed by atoms with E-state index in [1.54, 1.807) is 23.9 Å². The lowest BCUT2D eigenvalue weighted by Crippen LogP contribution is -2.44. The molecule has 1 aliphatic heterocycles. The summed E-state index contributed by atoms with van der Waals surface area (Å²) in [6.07, 6.45) is -4.55. The average molecular weight is 539 g/mol. The van der Waals surface area contributed by atoms with Gasteiger partial charge in [0.15, 0.2) is 5.82 Å². The fourth-order valence-electron chi connectivity index (χ4n) is 4.67. The van der Waals surface area contributed by atoms with Crippen molar-refractivity contribution in [3.63, 3.8) is 0 Å². The molecule has 0 saturated carbocycles. The smallest absolute Gasteiger partial charge is 0.384 e. The number of alkyl halides is 3. The van der Waals surface area contributed by atoms with Crippen molar-refractivity contribution in [3.05, 3.63) is 65.7 Å². The van der Waals surface area contributed by atoms with Gasteiger partial charge in [0.25, 0.3) is 0 Å². The second-order valence-corrected chi connectivity index (χ2v) is 9.71. The number of nitrogens with zero attached hydrogens (tertiary/aromatic N) is 5. The van der Waals surface area contributed by atoms with E-state index >= 15 is 0 Å². The molecular weight excluding hydrogens is 509 g/mol. The minimum Gasteiger partial charge on any atom is -0.384 e. The molecule has 0 aliphatic carbocycles. The fourth-order valence-corrected chi connectivity index (χ4v) is 4.67. The zero-order valence-corrected chi connectivity index (χ0v) is 21.6. The molecule has 0 bridgehead atoms. The molecule has 1 saturated heterocycles. The highest BCUT2D eigenvalue weighted by atomic mass is 19.4. The molecule has 204 valence electrons. The number of benzene rings is 2. The Labute approximate surface area is 223 Å². The molecule has 0 atom stereocenters. The lowest BCUT2D eigenvalue weighted by atomic mass is 10.0. The van der Waals surface area contributed by atoms with Gasteiger partial charge in [0.2, 0.25) is 0 Å². The van der Waals surface area contributed by atoms with Gasteiger partial charge < -0.3 is 16.0 Å². The van der Waals surface area contributed by atoms with Crippen molar-refractivity contribution in [1.82, 2.24) is 24.6 Å². The number of urea groups is 1. The number of pyridine rings is 1. The van der Waals surface area contributed by atoms with E-state index in [4.69, 9.17) is 5.73 Å². The van der Waals surface area contributed by atoms with Crippen molar-refractivity contribution in [1.29, 1.82) is 0 Å². The van der Waals surface area contributed by atoms with Gasteiger partial charge in [0.1, 0.15) is 5.82 Å². The average Bonchev–Trinajstić information content (AvgIpc) is 3.24. The molecule has 2 aromatic heterocycles. The van der Waals surface area contributed by atoms with Crippen LogP contribution >= 0.6 is 0 Å². The second kappa shape index (κ2) is 10.5. The molecule has 2 amide bonds. The highest BCUT2D eigenvalue weighted by molar-refractivity contribution is 5.99. The molecule has 1 fully saturated rings. The van der Waals surface area contributed by atoms with E-state index in [0.717, 1.165) is 35.6 Å². The van der Waals surface area contributed by atoms with Crippen molar-refractivity contribution >= 4 is 34.3 Å². The first-order valence-corrected chi connectivity index (χ1v) is 12.4. The second-order valence-electron chi connectivity index (χ2n) is 9.71. The summed E-state index contributed by atoms with van der Waals surface area (Å²) in [6, 6.07) is 14.2. The number of rotatable bonds is 5. The van der Waals surface area contributed by atoms with Gasteiger partial charge in [-0.25, -0.2) is 9.78 Å². The molecule has 4 N–H and O–H groups in total. The number of carbonyl (C=O) groups excluding carboxylic acids is 1. The highest BCUT2D eigenvalue weighted by Gasteiger charge is 2.34. The third-order valence-corrected chi connectivity index (χ3v) is 6.79. The Balaban J connectivity index is 1.29. The number of hydrogen-bond donors (Lipinski definition) is 3. The van der Waals surface area contributed by atoms with Crippen molar-refractivity contribution in [3.8, 4) is 11.3 Å². The molecule has 0 unspecified atom stereocenters. The maximum Gasteiger partial charge on any atom is 0.416 e. The van der Waals surface area contributed by atoms with E-state index in [1.807, 2.05) is 36.2 Å². The number of nitrogens with two attached hydrogens (primary N) is 1. The van der Waals surface area contributed by atoms with Crippen LogP contribution in [0, 0.1) is 0 Å². The molecule has 12 heteroatoms. The predicted octanol–water partition coefficient (Wildman–Crippen LogP) is 4.63. The molecule has 2 aromatic carbocycles. The summed E-state index contributed by atoms with van der Waals surface area (Å²) in [5.74, 6) is 0.651. The van der Waals surface area contributed by atoms with Gasteiger partial charge in [0, 0.05) is 62.5 Å². The number of piperazine rings is 1. The number of aryl methyl sites for hydroxylation is 1. The number of nitrogen functional groups attached to an aromatic ring is 1. The molecular formula is C27H29F3N8O. The normalized spacial score (nSPS) is 15.0. The van der Waals surface area contributed by atoms with Crippen molar-refractivity contribution in [2.24, 2.45) is 7.05 Å². The fraction of sp³-hybridized carbons (Fsp3) is 0.296. The molecule has 3 heterocycles. The summed E-state index contributed by atoms with van der Waals surface area (Å²) >= 11 is 0. The van der Waals surface area contributed by atoms with E-state index in [9.17, 15) is 18.0 Å². The summed E-state index contributed by atoms with van der Waals surface area (Å²) in [7, 11) is 3.72.